The van der Waals surface area contributed by atoms with E-state index in [1.165, 1.54) is 6.07 Å². The van der Waals surface area contributed by atoms with E-state index in [0.29, 0.717) is 12.0 Å². The summed E-state index contributed by atoms with van der Waals surface area (Å²) in [6.07, 6.45) is 2.20. The zero-order chi connectivity index (χ0) is 16.9. The lowest BCUT2D eigenvalue weighted by Gasteiger charge is -2.36. The van der Waals surface area contributed by atoms with Crippen molar-refractivity contribution < 1.29 is 13.2 Å². The summed E-state index contributed by atoms with van der Waals surface area (Å²) in [5.74, 6) is 0.539. The second kappa shape index (κ2) is 8.40. The Balaban J connectivity index is 2.07. The van der Waals surface area contributed by atoms with E-state index in [9.17, 15) is 13.2 Å². The minimum Gasteiger partial charge on any atom is -0.317 e. The number of benzene rings is 1. The molecule has 0 unspecified atom stereocenters. The molecule has 130 valence electrons. The van der Waals surface area contributed by atoms with E-state index in [4.69, 9.17) is 0 Å². The van der Waals surface area contributed by atoms with Crippen molar-refractivity contribution in [3.8, 4) is 0 Å². The van der Waals surface area contributed by atoms with Gasteiger partial charge < -0.3 is 5.32 Å². The minimum absolute atomic E-state index is 0.0370. The van der Waals surface area contributed by atoms with Crippen molar-refractivity contribution in [3.63, 3.8) is 0 Å². The number of piperidine rings is 1. The normalized spacial score (nSPS) is 17.2. The van der Waals surface area contributed by atoms with Gasteiger partial charge in [-0.1, -0.05) is 26.0 Å². The highest BCUT2D eigenvalue weighted by Crippen LogP contribution is 2.37. The van der Waals surface area contributed by atoms with Crippen molar-refractivity contribution in [1.82, 2.24) is 10.2 Å². The third-order valence-electron chi connectivity index (χ3n) is 3.94. The van der Waals surface area contributed by atoms with E-state index in [1.807, 2.05) is 6.07 Å². The fraction of sp³-hybridized carbons (Fsp3) is 0.647. The van der Waals surface area contributed by atoms with E-state index in [0.717, 1.165) is 44.6 Å². The van der Waals surface area contributed by atoms with Gasteiger partial charge in [-0.15, -0.1) is 0 Å². The standard InChI is InChI=1S/C17H25F3N2S/c1-13(2)11-22(15-6-8-21-9-7-15)12-14-4-3-5-16(10-14)23-17(18,19)20/h3-5,10,13,15,21H,6-9,11-12H2,1-2H3. The van der Waals surface area contributed by atoms with Crippen molar-refractivity contribution >= 4 is 11.8 Å². The predicted octanol–water partition coefficient (Wildman–Crippen LogP) is 4.51. The summed E-state index contributed by atoms with van der Waals surface area (Å²) in [4.78, 5) is 2.70. The summed E-state index contributed by atoms with van der Waals surface area (Å²) < 4.78 is 37.6. The number of thioether (sulfide) groups is 1. The average Bonchev–Trinajstić information content (AvgIpc) is 2.45. The number of nitrogens with zero attached hydrogens (tertiary/aromatic N) is 1. The number of hydrogen-bond donors (Lipinski definition) is 1. The molecule has 0 aromatic heterocycles. The Morgan fingerprint density at radius 1 is 1.26 bits per heavy atom. The Kier molecular flexibility index (Phi) is 6.80. The molecule has 0 spiro atoms. The Labute approximate surface area is 140 Å². The van der Waals surface area contributed by atoms with Crippen LogP contribution in [-0.4, -0.2) is 36.1 Å². The first-order valence-electron chi connectivity index (χ1n) is 8.13. The lowest BCUT2D eigenvalue weighted by Crippen LogP contribution is -2.44. The number of nitrogens with one attached hydrogen (secondary N) is 1. The van der Waals surface area contributed by atoms with Crippen molar-refractivity contribution in [3.05, 3.63) is 29.8 Å². The Bertz CT molecular complexity index is 485. The Morgan fingerprint density at radius 3 is 2.57 bits per heavy atom. The van der Waals surface area contributed by atoms with Crippen LogP contribution in [0.5, 0.6) is 0 Å². The zero-order valence-corrected chi connectivity index (χ0v) is 14.5. The van der Waals surface area contributed by atoms with Gasteiger partial charge in [-0.3, -0.25) is 4.90 Å². The molecule has 0 radical (unpaired) electrons. The third-order valence-corrected chi connectivity index (χ3v) is 4.66. The number of alkyl halides is 3. The number of rotatable bonds is 6. The molecule has 2 rings (SSSR count). The molecule has 0 atom stereocenters. The van der Waals surface area contributed by atoms with E-state index in [2.05, 4.69) is 24.1 Å². The predicted molar refractivity (Wildman–Crippen MR) is 89.5 cm³/mol. The van der Waals surface area contributed by atoms with E-state index in [-0.39, 0.29) is 16.7 Å². The molecule has 6 heteroatoms. The summed E-state index contributed by atoms with van der Waals surface area (Å²) in [6.45, 7) is 8.09. The van der Waals surface area contributed by atoms with Gasteiger partial charge in [0.25, 0.3) is 0 Å². The summed E-state index contributed by atoms with van der Waals surface area (Å²) in [7, 11) is 0. The lowest BCUT2D eigenvalue weighted by atomic mass is 10.0. The highest BCUT2D eigenvalue weighted by Gasteiger charge is 2.29. The van der Waals surface area contributed by atoms with Gasteiger partial charge >= 0.3 is 5.51 Å². The number of hydrogen-bond acceptors (Lipinski definition) is 3. The molecule has 1 aromatic rings. The molecule has 1 N–H and O–H groups in total. The summed E-state index contributed by atoms with van der Waals surface area (Å²) in [6, 6.07) is 7.36. The van der Waals surface area contributed by atoms with Crippen molar-refractivity contribution in [2.24, 2.45) is 5.92 Å². The van der Waals surface area contributed by atoms with Crippen LogP contribution in [0.3, 0.4) is 0 Å². The van der Waals surface area contributed by atoms with Crippen molar-refractivity contribution in [2.75, 3.05) is 19.6 Å². The van der Waals surface area contributed by atoms with Gasteiger partial charge in [0.1, 0.15) is 0 Å². The lowest BCUT2D eigenvalue weighted by molar-refractivity contribution is -0.0328. The monoisotopic (exact) mass is 346 g/mol. The maximum Gasteiger partial charge on any atom is 0.446 e. The molecule has 0 saturated carbocycles. The molecule has 0 bridgehead atoms. The fourth-order valence-corrected chi connectivity index (χ4v) is 3.68. The van der Waals surface area contributed by atoms with Crippen LogP contribution in [0.1, 0.15) is 32.3 Å². The molecule has 1 aliphatic heterocycles. The van der Waals surface area contributed by atoms with Gasteiger partial charge in [0.15, 0.2) is 0 Å². The highest BCUT2D eigenvalue weighted by molar-refractivity contribution is 8.00. The van der Waals surface area contributed by atoms with Gasteiger partial charge in [-0.2, -0.15) is 13.2 Å². The van der Waals surface area contributed by atoms with Crippen LogP contribution in [0.4, 0.5) is 13.2 Å². The van der Waals surface area contributed by atoms with Crippen LogP contribution in [0.15, 0.2) is 29.2 Å². The van der Waals surface area contributed by atoms with Gasteiger partial charge in [-0.05, 0) is 61.3 Å². The molecule has 1 heterocycles. The molecule has 2 nitrogen and oxygen atoms in total. The van der Waals surface area contributed by atoms with Crippen LogP contribution in [0.2, 0.25) is 0 Å². The maximum atomic E-state index is 12.5. The van der Waals surface area contributed by atoms with Crippen molar-refractivity contribution in [1.29, 1.82) is 0 Å². The highest BCUT2D eigenvalue weighted by atomic mass is 32.2. The molecule has 1 fully saturated rings. The van der Waals surface area contributed by atoms with Gasteiger partial charge in [0.2, 0.25) is 0 Å². The van der Waals surface area contributed by atoms with Gasteiger partial charge in [0.05, 0.1) is 0 Å². The summed E-state index contributed by atoms with van der Waals surface area (Å²) in [5, 5.41) is 3.37. The van der Waals surface area contributed by atoms with Crippen LogP contribution in [0.25, 0.3) is 0 Å². The Morgan fingerprint density at radius 2 is 1.96 bits per heavy atom. The van der Waals surface area contributed by atoms with Gasteiger partial charge in [0, 0.05) is 24.0 Å². The second-order valence-electron chi connectivity index (χ2n) is 6.50. The first-order chi connectivity index (χ1) is 10.8. The molecule has 1 saturated heterocycles. The minimum atomic E-state index is -4.23. The van der Waals surface area contributed by atoms with Crippen LogP contribution in [-0.2, 0) is 6.54 Å². The topological polar surface area (TPSA) is 15.3 Å². The second-order valence-corrected chi connectivity index (χ2v) is 7.64. The van der Waals surface area contributed by atoms with Crippen molar-refractivity contribution in [2.45, 2.75) is 49.7 Å². The average molecular weight is 346 g/mol. The van der Waals surface area contributed by atoms with Crippen LogP contribution in [0, 0.1) is 5.92 Å². The molecule has 1 aromatic carbocycles. The fourth-order valence-electron chi connectivity index (χ4n) is 3.06. The molecular formula is C17H25F3N2S. The van der Waals surface area contributed by atoms with Gasteiger partial charge in [-0.25, -0.2) is 0 Å². The smallest absolute Gasteiger partial charge is 0.317 e. The van der Waals surface area contributed by atoms with E-state index in [1.54, 1.807) is 12.1 Å². The molecule has 0 amide bonds. The van der Waals surface area contributed by atoms with Crippen LogP contribution < -0.4 is 5.32 Å². The summed E-state index contributed by atoms with van der Waals surface area (Å²) >= 11 is -0.0370. The zero-order valence-electron chi connectivity index (χ0n) is 13.7. The third kappa shape index (κ3) is 6.73. The van der Waals surface area contributed by atoms with E-state index < -0.39 is 5.51 Å². The molecule has 1 aliphatic rings. The maximum absolute atomic E-state index is 12.5. The first-order valence-corrected chi connectivity index (χ1v) is 8.94. The SMILES string of the molecule is CC(C)CN(Cc1cccc(SC(F)(F)F)c1)C1CCNCC1. The quantitative estimate of drug-likeness (QED) is 0.763. The largest absolute Gasteiger partial charge is 0.446 e. The Hall–Kier alpha value is -0.720. The summed E-state index contributed by atoms with van der Waals surface area (Å²) in [5.41, 5.74) is -3.27. The van der Waals surface area contributed by atoms with E-state index >= 15 is 0 Å². The first kappa shape index (κ1) is 18.6. The number of halogens is 3. The molecular weight excluding hydrogens is 321 g/mol. The molecule has 0 aliphatic carbocycles. The van der Waals surface area contributed by atoms with Crippen LogP contribution >= 0.6 is 11.8 Å². The molecule has 23 heavy (non-hydrogen) atoms.